The maximum absolute atomic E-state index is 15.7. The maximum Gasteiger partial charge on any atom is 0.307 e. The smallest absolute Gasteiger partial charge is 0.307 e. The number of esters is 1. The lowest BCUT2D eigenvalue weighted by Gasteiger charge is -2.49. The van der Waals surface area contributed by atoms with Crippen LogP contribution >= 0.6 is 23.2 Å². The van der Waals surface area contributed by atoms with Crippen molar-refractivity contribution in [1.82, 2.24) is 34.9 Å². The molecule has 4 atom stereocenters. The predicted octanol–water partition coefficient (Wildman–Crippen LogP) is 7.28. The van der Waals surface area contributed by atoms with Gasteiger partial charge in [-0.1, -0.05) is 41.4 Å². The van der Waals surface area contributed by atoms with E-state index in [-0.39, 0.29) is 54.8 Å². The molecular formula is C54H67Cl2FN8O8. The van der Waals surface area contributed by atoms with Crippen molar-refractivity contribution >= 4 is 46.9 Å². The number of nitrogens with zero attached hydrogens (tertiary/aromatic N) is 6. The van der Waals surface area contributed by atoms with Crippen LogP contribution in [0.3, 0.4) is 0 Å². The Balaban J connectivity index is 1.18. The van der Waals surface area contributed by atoms with Gasteiger partial charge >= 0.3 is 5.97 Å². The van der Waals surface area contributed by atoms with E-state index in [1.54, 1.807) is 87.0 Å². The Labute approximate surface area is 437 Å². The first kappa shape index (κ1) is 56.2. The van der Waals surface area contributed by atoms with Crippen LogP contribution in [-0.4, -0.2) is 119 Å². The predicted molar refractivity (Wildman–Crippen MR) is 277 cm³/mol. The van der Waals surface area contributed by atoms with Gasteiger partial charge in [0.2, 0.25) is 17.7 Å². The molecule has 3 aromatic carbocycles. The van der Waals surface area contributed by atoms with Crippen LogP contribution in [0.2, 0.25) is 10.0 Å². The number of carbonyl (C=O) groups is 4. The molecular weight excluding hydrogens is 979 g/mol. The maximum atomic E-state index is 15.7. The number of hydrogen-bond donors (Lipinski definition) is 2. The van der Waals surface area contributed by atoms with Gasteiger partial charge in [-0.05, 0) is 115 Å². The number of ether oxygens (including phenoxy) is 3. The van der Waals surface area contributed by atoms with Gasteiger partial charge in [0.1, 0.15) is 34.8 Å². The van der Waals surface area contributed by atoms with Gasteiger partial charge < -0.3 is 49.3 Å². The average Bonchev–Trinajstić information content (AvgIpc) is 3.69. The van der Waals surface area contributed by atoms with Crippen molar-refractivity contribution in [2.45, 2.75) is 96.1 Å². The molecule has 392 valence electrons. The summed E-state index contributed by atoms with van der Waals surface area (Å²) in [4.78, 5) is 66.6. The van der Waals surface area contributed by atoms with Gasteiger partial charge in [-0.3, -0.25) is 19.2 Å². The van der Waals surface area contributed by atoms with E-state index < -0.39 is 52.7 Å². The summed E-state index contributed by atoms with van der Waals surface area (Å²) in [5.41, 5.74) is 1.30. The number of piperidine rings is 1. The lowest BCUT2D eigenvalue weighted by Crippen LogP contribution is -2.65. The molecule has 16 nitrogen and oxygen atoms in total. The number of nitrogens with one attached hydrogen (secondary N) is 2. The highest BCUT2D eigenvalue weighted by Crippen LogP contribution is 2.35. The van der Waals surface area contributed by atoms with Crippen LogP contribution in [0.1, 0.15) is 69.6 Å². The van der Waals surface area contributed by atoms with Crippen LogP contribution < -0.4 is 20.1 Å². The summed E-state index contributed by atoms with van der Waals surface area (Å²) in [5.74, 6) is -2.09. The second-order valence-electron chi connectivity index (χ2n) is 20.0. The third-order valence-corrected chi connectivity index (χ3v) is 13.3. The molecule has 1 fully saturated rings. The van der Waals surface area contributed by atoms with E-state index in [2.05, 4.69) is 15.6 Å². The highest BCUT2D eigenvalue weighted by molar-refractivity contribution is 6.31. The zero-order chi connectivity index (χ0) is 53.2. The molecule has 2 N–H and O–H groups in total. The molecule has 1 saturated heterocycles. The number of methoxy groups -OCH3 is 1. The molecule has 3 amide bonds. The van der Waals surface area contributed by atoms with E-state index in [1.165, 1.54) is 25.4 Å². The minimum absolute atomic E-state index is 0.0232. The third kappa shape index (κ3) is 15.0. The van der Waals surface area contributed by atoms with Crippen molar-refractivity contribution in [3.05, 3.63) is 135 Å². The highest BCUT2D eigenvalue weighted by atomic mass is 35.5. The topological polar surface area (TPSA) is 175 Å². The summed E-state index contributed by atoms with van der Waals surface area (Å²) in [6, 6.07) is 20.0. The van der Waals surface area contributed by atoms with Gasteiger partial charge in [0.05, 0.1) is 49.0 Å². The van der Waals surface area contributed by atoms with Gasteiger partial charge in [-0.25, -0.2) is 9.37 Å². The number of carbonyl (C=O) groups excluding carboxylic acids is 4. The molecule has 0 unspecified atom stereocenters. The molecule has 0 radical (unpaired) electrons. The molecule has 1 aliphatic rings. The largest absolute Gasteiger partial charge is 0.619 e. The van der Waals surface area contributed by atoms with Crippen LogP contribution in [0, 0.1) is 16.9 Å². The number of likely N-dealkylation sites (tertiary alicyclic amines) is 1. The third-order valence-electron chi connectivity index (χ3n) is 12.9. The summed E-state index contributed by atoms with van der Waals surface area (Å²) in [5, 5.41) is 19.4. The van der Waals surface area contributed by atoms with Gasteiger partial charge in [-0.2, -0.15) is 4.73 Å². The van der Waals surface area contributed by atoms with Crippen LogP contribution in [0.4, 0.5) is 4.39 Å². The zero-order valence-electron chi connectivity index (χ0n) is 43.0. The SMILES string of the molecule is COC[C@H](NC(=O)[C@H](C)NCc1c(F)cc(Cl)cc1Oc1ccc(-c2cnc(CN(C)C)n2C)cc1)C(=O)N(C)[C@@]1(Cc2ccc(Cl)cc2)CCCN(C(=O)[C@@H](CC(=O)OC(C)(C)C)Cc2cccc[n+]2[O-])C1. The fraction of sp³-hybridized carbons (Fsp3) is 0.444. The average molecular weight is 1050 g/mol. The molecule has 5 aromatic rings. The number of benzene rings is 3. The summed E-state index contributed by atoms with van der Waals surface area (Å²) < 4.78 is 35.7. The summed E-state index contributed by atoms with van der Waals surface area (Å²) in [6.45, 7) is 7.57. The van der Waals surface area contributed by atoms with Crippen molar-refractivity contribution in [1.29, 1.82) is 0 Å². The molecule has 19 heteroatoms. The Kier molecular flexibility index (Phi) is 19.0. The van der Waals surface area contributed by atoms with Gasteiger partial charge in [0.15, 0.2) is 11.9 Å². The van der Waals surface area contributed by atoms with E-state index in [0.717, 1.165) is 22.6 Å². The van der Waals surface area contributed by atoms with E-state index in [9.17, 15) is 24.4 Å². The van der Waals surface area contributed by atoms with Crippen LogP contribution in [-0.2, 0) is 61.6 Å². The Morgan fingerprint density at radius 3 is 2.37 bits per heavy atom. The second kappa shape index (κ2) is 24.7. The lowest BCUT2D eigenvalue weighted by atomic mass is 9.80. The Hall–Kier alpha value is -6.11. The molecule has 0 aliphatic carbocycles. The first-order valence-corrected chi connectivity index (χ1v) is 25.0. The number of pyridine rings is 1. The standard InChI is InChI=1S/C54H67Cl2FN8O8/c1-35(58-30-43-44(57)27-40(56)28-47(43)72-42-20-16-37(17-21-42)46-31-59-48(62(46)7)32-61(5)6)50(67)60-45(33-71-9)52(69)63(8)54(29-36-14-18-39(55)19-15-36)22-12-23-64(34-54)51(68)38(26-49(66)73-53(2,3)4)25-41-13-10-11-24-65(41)70/h10-11,13-21,24,27-28,31,35,38,45,58H,12,22-23,25-26,29-30,32-34H2,1-9H3,(H,60,67)/t35-,38+,45-,54+/m0/s1. The van der Waals surface area contributed by atoms with E-state index in [1.807, 2.05) is 61.1 Å². The van der Waals surface area contributed by atoms with E-state index in [4.69, 9.17) is 37.4 Å². The fourth-order valence-corrected chi connectivity index (χ4v) is 9.37. The fourth-order valence-electron chi connectivity index (χ4n) is 9.05. The second-order valence-corrected chi connectivity index (χ2v) is 20.8. The Morgan fingerprint density at radius 2 is 1.71 bits per heavy atom. The minimum atomic E-state index is -1.18. The van der Waals surface area contributed by atoms with Crippen molar-refractivity contribution in [2.24, 2.45) is 13.0 Å². The van der Waals surface area contributed by atoms with Gasteiger partial charge in [-0.15, -0.1) is 0 Å². The van der Waals surface area contributed by atoms with Crippen molar-refractivity contribution < 1.29 is 42.5 Å². The van der Waals surface area contributed by atoms with Crippen molar-refractivity contribution in [3.63, 3.8) is 0 Å². The van der Waals surface area contributed by atoms with E-state index in [0.29, 0.717) is 53.5 Å². The molecule has 0 spiro atoms. The molecule has 6 rings (SSSR count). The molecule has 2 aromatic heterocycles. The molecule has 3 heterocycles. The first-order chi connectivity index (χ1) is 34.6. The first-order valence-electron chi connectivity index (χ1n) is 24.2. The Morgan fingerprint density at radius 1 is 1.00 bits per heavy atom. The Bertz CT molecular complexity index is 2720. The van der Waals surface area contributed by atoms with Crippen LogP contribution in [0.15, 0.2) is 91.3 Å². The van der Waals surface area contributed by atoms with Crippen molar-refractivity contribution in [2.75, 3.05) is 47.9 Å². The van der Waals surface area contributed by atoms with E-state index >= 15 is 4.39 Å². The lowest BCUT2D eigenvalue weighted by molar-refractivity contribution is -0.614. The summed E-state index contributed by atoms with van der Waals surface area (Å²) in [6.07, 6.45) is 4.14. The van der Waals surface area contributed by atoms with Gasteiger partial charge in [0.25, 0.3) is 0 Å². The molecule has 0 saturated carbocycles. The quantitative estimate of drug-likeness (QED) is 0.0430. The number of hydrogen-bond acceptors (Lipinski definition) is 11. The number of likely N-dealkylation sites (N-methyl/N-ethyl adjacent to an activating group) is 1. The van der Waals surface area contributed by atoms with Crippen LogP contribution in [0.5, 0.6) is 11.5 Å². The zero-order valence-corrected chi connectivity index (χ0v) is 44.6. The normalized spacial score (nSPS) is 16.2. The number of imidazole rings is 1. The van der Waals surface area contributed by atoms with Crippen LogP contribution in [0.25, 0.3) is 11.3 Å². The number of rotatable bonds is 21. The number of aromatic nitrogens is 3. The summed E-state index contributed by atoms with van der Waals surface area (Å²) >= 11 is 12.6. The van der Waals surface area contributed by atoms with Gasteiger partial charge in [0, 0.05) is 80.6 Å². The monoisotopic (exact) mass is 1040 g/mol. The van der Waals surface area contributed by atoms with Crippen molar-refractivity contribution in [3.8, 4) is 22.8 Å². The molecule has 1 aliphatic heterocycles. The minimum Gasteiger partial charge on any atom is -0.619 e. The molecule has 0 bridgehead atoms. The molecule has 73 heavy (non-hydrogen) atoms. The highest BCUT2D eigenvalue weighted by Gasteiger charge is 2.46. The number of amides is 3. The summed E-state index contributed by atoms with van der Waals surface area (Å²) in [7, 11) is 8.98. The number of halogens is 3.